The van der Waals surface area contributed by atoms with Crippen molar-refractivity contribution in [2.75, 3.05) is 5.32 Å². The summed E-state index contributed by atoms with van der Waals surface area (Å²) in [6.07, 6.45) is 1.39. The summed E-state index contributed by atoms with van der Waals surface area (Å²) < 4.78 is 0. The SMILES string of the molecule is CCC(=O)Nc1cccc(Cc2ccccc2)c1. The van der Waals surface area contributed by atoms with Crippen molar-refractivity contribution in [3.8, 4) is 0 Å². The van der Waals surface area contributed by atoms with Crippen molar-refractivity contribution in [3.63, 3.8) is 0 Å². The quantitative estimate of drug-likeness (QED) is 0.867. The normalized spacial score (nSPS) is 10.1. The Bertz CT molecular complexity index is 520. The van der Waals surface area contributed by atoms with E-state index in [1.54, 1.807) is 0 Å². The van der Waals surface area contributed by atoms with Crippen molar-refractivity contribution in [1.29, 1.82) is 0 Å². The van der Waals surface area contributed by atoms with Gasteiger partial charge in [0, 0.05) is 12.1 Å². The van der Waals surface area contributed by atoms with Gasteiger partial charge in [0.2, 0.25) is 5.91 Å². The highest BCUT2D eigenvalue weighted by molar-refractivity contribution is 5.90. The van der Waals surface area contributed by atoms with Gasteiger partial charge in [-0.15, -0.1) is 0 Å². The van der Waals surface area contributed by atoms with Crippen molar-refractivity contribution >= 4 is 11.6 Å². The lowest BCUT2D eigenvalue weighted by Gasteiger charge is -2.06. The Morgan fingerprint density at radius 2 is 1.72 bits per heavy atom. The van der Waals surface area contributed by atoms with Gasteiger partial charge in [0.15, 0.2) is 0 Å². The number of carbonyl (C=O) groups is 1. The van der Waals surface area contributed by atoms with Crippen LogP contribution in [0.5, 0.6) is 0 Å². The number of hydrogen-bond donors (Lipinski definition) is 1. The third-order valence-electron chi connectivity index (χ3n) is 2.78. The minimum atomic E-state index is 0.0480. The molecule has 0 aliphatic heterocycles. The summed E-state index contributed by atoms with van der Waals surface area (Å²) in [6.45, 7) is 1.85. The Hall–Kier alpha value is -2.09. The number of nitrogens with one attached hydrogen (secondary N) is 1. The summed E-state index contributed by atoms with van der Waals surface area (Å²) in [7, 11) is 0. The van der Waals surface area contributed by atoms with Crippen LogP contribution in [0.25, 0.3) is 0 Å². The van der Waals surface area contributed by atoms with Crippen LogP contribution in [0, 0.1) is 0 Å². The van der Waals surface area contributed by atoms with E-state index in [0.29, 0.717) is 6.42 Å². The third kappa shape index (κ3) is 3.45. The third-order valence-corrected chi connectivity index (χ3v) is 2.78. The van der Waals surface area contributed by atoms with Gasteiger partial charge in [-0.3, -0.25) is 4.79 Å². The van der Waals surface area contributed by atoms with Crippen molar-refractivity contribution in [3.05, 3.63) is 65.7 Å². The van der Waals surface area contributed by atoms with Crippen LogP contribution in [-0.4, -0.2) is 5.91 Å². The highest BCUT2D eigenvalue weighted by Gasteiger charge is 2.01. The van der Waals surface area contributed by atoms with E-state index in [1.807, 2.05) is 43.3 Å². The van der Waals surface area contributed by atoms with Crippen LogP contribution in [0.2, 0.25) is 0 Å². The van der Waals surface area contributed by atoms with E-state index >= 15 is 0 Å². The Morgan fingerprint density at radius 3 is 2.44 bits per heavy atom. The molecular formula is C16H17NO. The highest BCUT2D eigenvalue weighted by Crippen LogP contribution is 2.14. The van der Waals surface area contributed by atoms with Crippen LogP contribution >= 0.6 is 0 Å². The van der Waals surface area contributed by atoms with Gasteiger partial charge in [-0.25, -0.2) is 0 Å². The topological polar surface area (TPSA) is 29.1 Å². The molecule has 18 heavy (non-hydrogen) atoms. The molecule has 0 fully saturated rings. The molecule has 0 spiro atoms. The second-order valence-electron chi connectivity index (χ2n) is 4.26. The molecule has 0 aromatic heterocycles. The van der Waals surface area contributed by atoms with Crippen LogP contribution in [-0.2, 0) is 11.2 Å². The van der Waals surface area contributed by atoms with Crippen molar-refractivity contribution in [1.82, 2.24) is 0 Å². The minimum absolute atomic E-state index is 0.0480. The van der Waals surface area contributed by atoms with Crippen LogP contribution < -0.4 is 5.32 Å². The molecule has 0 saturated carbocycles. The minimum Gasteiger partial charge on any atom is -0.326 e. The van der Waals surface area contributed by atoms with E-state index in [0.717, 1.165) is 12.1 Å². The van der Waals surface area contributed by atoms with Crippen LogP contribution in [0.3, 0.4) is 0 Å². The summed E-state index contributed by atoms with van der Waals surface area (Å²) in [5, 5.41) is 2.88. The Labute approximate surface area is 108 Å². The van der Waals surface area contributed by atoms with Crippen molar-refractivity contribution < 1.29 is 4.79 Å². The molecule has 1 N–H and O–H groups in total. The van der Waals surface area contributed by atoms with Gasteiger partial charge in [-0.05, 0) is 29.7 Å². The molecule has 2 heteroatoms. The van der Waals surface area contributed by atoms with Gasteiger partial charge in [0.1, 0.15) is 0 Å². The molecule has 2 aromatic carbocycles. The second-order valence-corrected chi connectivity index (χ2v) is 4.26. The zero-order chi connectivity index (χ0) is 12.8. The summed E-state index contributed by atoms with van der Waals surface area (Å²) in [4.78, 5) is 11.3. The number of anilines is 1. The molecule has 92 valence electrons. The molecule has 0 radical (unpaired) electrons. The van der Waals surface area contributed by atoms with E-state index in [9.17, 15) is 4.79 Å². The van der Waals surface area contributed by atoms with E-state index in [-0.39, 0.29) is 5.91 Å². The lowest BCUT2D eigenvalue weighted by Crippen LogP contribution is -2.09. The molecule has 0 bridgehead atoms. The van der Waals surface area contributed by atoms with Crippen molar-refractivity contribution in [2.45, 2.75) is 19.8 Å². The molecule has 0 saturated heterocycles. The molecule has 0 aliphatic rings. The molecule has 0 heterocycles. The number of benzene rings is 2. The molecule has 0 unspecified atom stereocenters. The Kier molecular flexibility index (Phi) is 4.13. The molecule has 2 nitrogen and oxygen atoms in total. The maximum Gasteiger partial charge on any atom is 0.224 e. The summed E-state index contributed by atoms with van der Waals surface area (Å²) >= 11 is 0. The van der Waals surface area contributed by atoms with E-state index in [2.05, 4.69) is 23.5 Å². The van der Waals surface area contributed by atoms with Crippen molar-refractivity contribution in [2.24, 2.45) is 0 Å². The maximum atomic E-state index is 11.3. The van der Waals surface area contributed by atoms with Crippen LogP contribution in [0.1, 0.15) is 24.5 Å². The number of amides is 1. The van der Waals surface area contributed by atoms with Crippen LogP contribution in [0.15, 0.2) is 54.6 Å². The van der Waals surface area contributed by atoms with Gasteiger partial charge in [0.05, 0.1) is 0 Å². The summed E-state index contributed by atoms with van der Waals surface area (Å²) in [5.74, 6) is 0.0480. The number of rotatable bonds is 4. The predicted octanol–water partition coefficient (Wildman–Crippen LogP) is 3.63. The molecule has 1 amide bonds. The zero-order valence-corrected chi connectivity index (χ0v) is 10.5. The van der Waals surface area contributed by atoms with E-state index in [1.165, 1.54) is 11.1 Å². The molecule has 2 rings (SSSR count). The van der Waals surface area contributed by atoms with E-state index < -0.39 is 0 Å². The van der Waals surface area contributed by atoms with Gasteiger partial charge < -0.3 is 5.32 Å². The van der Waals surface area contributed by atoms with Gasteiger partial charge >= 0.3 is 0 Å². The summed E-state index contributed by atoms with van der Waals surface area (Å²) in [5.41, 5.74) is 3.35. The first-order valence-corrected chi connectivity index (χ1v) is 6.20. The second kappa shape index (κ2) is 6.01. The maximum absolute atomic E-state index is 11.3. The highest BCUT2D eigenvalue weighted by atomic mass is 16.1. The Balaban J connectivity index is 2.10. The van der Waals surface area contributed by atoms with Gasteiger partial charge in [0.25, 0.3) is 0 Å². The molecule has 2 aromatic rings. The average Bonchev–Trinajstić information content (AvgIpc) is 2.40. The van der Waals surface area contributed by atoms with Gasteiger partial charge in [-0.2, -0.15) is 0 Å². The molecular weight excluding hydrogens is 222 g/mol. The smallest absolute Gasteiger partial charge is 0.224 e. The first kappa shape index (κ1) is 12.4. The zero-order valence-electron chi connectivity index (χ0n) is 10.5. The number of hydrogen-bond acceptors (Lipinski definition) is 1. The fraction of sp³-hybridized carbons (Fsp3) is 0.188. The van der Waals surface area contributed by atoms with E-state index in [4.69, 9.17) is 0 Å². The average molecular weight is 239 g/mol. The monoisotopic (exact) mass is 239 g/mol. The predicted molar refractivity (Wildman–Crippen MR) is 74.6 cm³/mol. The standard InChI is InChI=1S/C16H17NO/c1-2-16(18)17-15-10-6-9-14(12-15)11-13-7-4-3-5-8-13/h3-10,12H,2,11H2,1H3,(H,17,18). The lowest BCUT2D eigenvalue weighted by atomic mass is 10.0. The largest absolute Gasteiger partial charge is 0.326 e. The molecule has 0 atom stereocenters. The fourth-order valence-electron chi connectivity index (χ4n) is 1.84. The van der Waals surface area contributed by atoms with Gasteiger partial charge in [-0.1, -0.05) is 49.4 Å². The Morgan fingerprint density at radius 1 is 1.00 bits per heavy atom. The molecule has 0 aliphatic carbocycles. The lowest BCUT2D eigenvalue weighted by molar-refractivity contribution is -0.115. The number of carbonyl (C=O) groups excluding carboxylic acids is 1. The first-order valence-electron chi connectivity index (χ1n) is 6.20. The first-order chi connectivity index (χ1) is 8.78. The van der Waals surface area contributed by atoms with Crippen LogP contribution in [0.4, 0.5) is 5.69 Å². The summed E-state index contributed by atoms with van der Waals surface area (Å²) in [6, 6.07) is 18.3. The fourth-order valence-corrected chi connectivity index (χ4v) is 1.84.